The van der Waals surface area contributed by atoms with E-state index in [4.69, 9.17) is 9.84 Å². The third-order valence-corrected chi connectivity index (χ3v) is 2.34. The number of hydrogen-bond donors (Lipinski definition) is 3. The second kappa shape index (κ2) is 8.63. The van der Waals surface area contributed by atoms with Crippen molar-refractivity contribution in [2.75, 3.05) is 43.5 Å². The van der Waals surface area contributed by atoms with Crippen LogP contribution in [0.25, 0.3) is 0 Å². The molecule has 0 unspecified atom stereocenters. The molecule has 0 radical (unpaired) electrons. The van der Waals surface area contributed by atoms with Crippen LogP contribution in [-0.4, -0.2) is 48.0 Å². The van der Waals surface area contributed by atoms with Crippen molar-refractivity contribution in [1.29, 1.82) is 0 Å². The molecule has 1 heterocycles. The Hall–Kier alpha value is -1.61. The van der Waals surface area contributed by atoms with Crippen LogP contribution in [0.15, 0.2) is 6.07 Å². The molecule has 1 rings (SSSR count). The molecule has 0 spiro atoms. The second-order valence-corrected chi connectivity index (χ2v) is 4.15. The lowest BCUT2D eigenvalue weighted by atomic mass is 10.3. The summed E-state index contributed by atoms with van der Waals surface area (Å²) >= 11 is 0. The van der Waals surface area contributed by atoms with Crippen molar-refractivity contribution in [2.45, 2.75) is 19.5 Å². The van der Waals surface area contributed by atoms with E-state index in [0.29, 0.717) is 6.54 Å². The molecule has 0 atom stereocenters. The van der Waals surface area contributed by atoms with Crippen LogP contribution in [0.2, 0.25) is 0 Å². The van der Waals surface area contributed by atoms with Crippen molar-refractivity contribution in [3.63, 3.8) is 0 Å². The van der Waals surface area contributed by atoms with Gasteiger partial charge in [-0.05, 0) is 6.42 Å². The molecule has 120 valence electrons. The highest BCUT2D eigenvalue weighted by Crippen LogP contribution is 2.29. The van der Waals surface area contributed by atoms with Gasteiger partial charge in [-0.25, -0.2) is 4.98 Å². The predicted octanol–water partition coefficient (Wildman–Crippen LogP) is 1.74. The van der Waals surface area contributed by atoms with E-state index in [1.54, 1.807) is 0 Å². The minimum Gasteiger partial charge on any atom is -0.394 e. The van der Waals surface area contributed by atoms with E-state index in [-0.39, 0.29) is 38.1 Å². The molecule has 1 aromatic rings. The van der Waals surface area contributed by atoms with Crippen LogP contribution >= 0.6 is 0 Å². The molecule has 0 fully saturated rings. The van der Waals surface area contributed by atoms with Crippen molar-refractivity contribution in [1.82, 2.24) is 9.97 Å². The normalized spacial score (nSPS) is 11.5. The maximum Gasteiger partial charge on any atom is 0.433 e. The molecule has 0 saturated heterocycles. The highest BCUT2D eigenvalue weighted by Gasteiger charge is 2.33. The third-order valence-electron chi connectivity index (χ3n) is 2.34. The molecule has 6 nitrogen and oxygen atoms in total. The average Bonchev–Trinajstić information content (AvgIpc) is 2.44. The fourth-order valence-electron chi connectivity index (χ4n) is 1.42. The number of aliphatic hydroxyl groups excluding tert-OH is 1. The number of aromatic nitrogens is 2. The van der Waals surface area contributed by atoms with E-state index >= 15 is 0 Å². The third kappa shape index (κ3) is 6.58. The Labute approximate surface area is 120 Å². The molecule has 0 saturated carbocycles. The zero-order chi connectivity index (χ0) is 15.7. The van der Waals surface area contributed by atoms with Gasteiger partial charge in [-0.15, -0.1) is 0 Å². The molecule has 0 bridgehead atoms. The number of nitrogens with one attached hydrogen (secondary N) is 2. The minimum absolute atomic E-state index is 0.0644. The van der Waals surface area contributed by atoms with Crippen molar-refractivity contribution < 1.29 is 23.0 Å². The van der Waals surface area contributed by atoms with Crippen LogP contribution in [0.5, 0.6) is 0 Å². The maximum atomic E-state index is 12.8. The SMILES string of the molecule is CCCNc1nc(NCCOCCO)cc(C(F)(F)F)n1. The standard InChI is InChI=1S/C12H19F3N4O2/c1-2-3-17-11-18-9(12(13,14)15)8-10(19-11)16-4-6-21-7-5-20/h8,20H,2-7H2,1H3,(H2,16,17,18,19). The predicted molar refractivity (Wildman–Crippen MR) is 72.2 cm³/mol. The van der Waals surface area contributed by atoms with Crippen molar-refractivity contribution in [2.24, 2.45) is 0 Å². The zero-order valence-corrected chi connectivity index (χ0v) is 11.7. The lowest BCUT2D eigenvalue weighted by molar-refractivity contribution is -0.141. The van der Waals surface area contributed by atoms with Gasteiger partial charge in [0.2, 0.25) is 5.95 Å². The summed E-state index contributed by atoms with van der Waals surface area (Å²) in [5, 5.41) is 14.0. The van der Waals surface area contributed by atoms with Crippen LogP contribution in [0, 0.1) is 0 Å². The summed E-state index contributed by atoms with van der Waals surface area (Å²) < 4.78 is 43.3. The fourth-order valence-corrected chi connectivity index (χ4v) is 1.42. The highest BCUT2D eigenvalue weighted by molar-refractivity contribution is 5.43. The van der Waals surface area contributed by atoms with E-state index in [2.05, 4.69) is 20.6 Å². The Morgan fingerprint density at radius 3 is 2.57 bits per heavy atom. The summed E-state index contributed by atoms with van der Waals surface area (Å²) in [7, 11) is 0. The minimum atomic E-state index is -4.53. The number of halogens is 3. The second-order valence-electron chi connectivity index (χ2n) is 4.15. The van der Waals surface area contributed by atoms with E-state index < -0.39 is 11.9 Å². The van der Waals surface area contributed by atoms with E-state index in [1.807, 2.05) is 6.92 Å². The summed E-state index contributed by atoms with van der Waals surface area (Å²) in [6.07, 6.45) is -3.78. The molecule has 0 aliphatic rings. The smallest absolute Gasteiger partial charge is 0.394 e. The van der Waals surface area contributed by atoms with Gasteiger partial charge in [-0.3, -0.25) is 0 Å². The van der Waals surface area contributed by atoms with Crippen molar-refractivity contribution in [3.05, 3.63) is 11.8 Å². The number of alkyl halides is 3. The molecule has 9 heteroatoms. The summed E-state index contributed by atoms with van der Waals surface area (Å²) in [4.78, 5) is 7.41. The van der Waals surface area contributed by atoms with Gasteiger partial charge < -0.3 is 20.5 Å². The molecule has 1 aromatic heterocycles. The van der Waals surface area contributed by atoms with Crippen LogP contribution in [0.1, 0.15) is 19.0 Å². The van der Waals surface area contributed by atoms with E-state index in [1.165, 1.54) is 0 Å². The van der Waals surface area contributed by atoms with Crippen molar-refractivity contribution in [3.8, 4) is 0 Å². The quantitative estimate of drug-likeness (QED) is 0.603. The molecular weight excluding hydrogens is 289 g/mol. The van der Waals surface area contributed by atoms with Gasteiger partial charge in [0, 0.05) is 19.2 Å². The van der Waals surface area contributed by atoms with Crippen LogP contribution < -0.4 is 10.6 Å². The number of aliphatic hydroxyl groups is 1. The van der Waals surface area contributed by atoms with Crippen molar-refractivity contribution >= 4 is 11.8 Å². The highest BCUT2D eigenvalue weighted by atomic mass is 19.4. The van der Waals surface area contributed by atoms with Gasteiger partial charge in [-0.2, -0.15) is 18.2 Å². The average molecular weight is 308 g/mol. The number of hydrogen-bond acceptors (Lipinski definition) is 6. The summed E-state index contributed by atoms with van der Waals surface area (Å²) in [6.45, 7) is 2.99. The lowest BCUT2D eigenvalue weighted by Crippen LogP contribution is -2.16. The molecule has 3 N–H and O–H groups in total. The Kier molecular flexibility index (Phi) is 7.17. The largest absolute Gasteiger partial charge is 0.433 e. The Morgan fingerprint density at radius 2 is 1.95 bits per heavy atom. The molecule has 21 heavy (non-hydrogen) atoms. The number of rotatable bonds is 9. The first-order valence-corrected chi connectivity index (χ1v) is 6.60. The molecule has 0 aliphatic heterocycles. The van der Waals surface area contributed by atoms with Crippen LogP contribution in [0.4, 0.5) is 24.9 Å². The first-order chi connectivity index (χ1) is 9.97. The van der Waals surface area contributed by atoms with Crippen LogP contribution in [-0.2, 0) is 10.9 Å². The maximum absolute atomic E-state index is 12.8. The number of anilines is 2. The van der Waals surface area contributed by atoms with E-state index in [9.17, 15) is 13.2 Å². The molecule has 0 amide bonds. The van der Waals surface area contributed by atoms with E-state index in [0.717, 1.165) is 12.5 Å². The topological polar surface area (TPSA) is 79.3 Å². The van der Waals surface area contributed by atoms with Gasteiger partial charge in [0.05, 0.1) is 19.8 Å². The summed E-state index contributed by atoms with van der Waals surface area (Å²) in [6, 6.07) is 0.850. The number of nitrogens with zero attached hydrogens (tertiary/aromatic N) is 2. The lowest BCUT2D eigenvalue weighted by Gasteiger charge is -2.12. The Balaban J connectivity index is 2.72. The van der Waals surface area contributed by atoms with Gasteiger partial charge >= 0.3 is 6.18 Å². The summed E-state index contributed by atoms with van der Waals surface area (Å²) in [5.74, 6) is 0.00831. The first-order valence-electron chi connectivity index (χ1n) is 6.60. The van der Waals surface area contributed by atoms with Crippen LogP contribution in [0.3, 0.4) is 0 Å². The zero-order valence-electron chi connectivity index (χ0n) is 11.7. The molecule has 0 aromatic carbocycles. The number of ether oxygens (including phenoxy) is 1. The Morgan fingerprint density at radius 1 is 1.19 bits per heavy atom. The monoisotopic (exact) mass is 308 g/mol. The summed E-state index contributed by atoms with van der Waals surface area (Å²) in [5.41, 5.74) is -1.00. The molecular formula is C12H19F3N4O2. The van der Waals surface area contributed by atoms with Gasteiger partial charge in [0.1, 0.15) is 5.82 Å². The molecule has 0 aliphatic carbocycles. The van der Waals surface area contributed by atoms with Gasteiger partial charge in [0.15, 0.2) is 5.69 Å². The fraction of sp³-hybridized carbons (Fsp3) is 0.667. The van der Waals surface area contributed by atoms with Gasteiger partial charge in [0.25, 0.3) is 0 Å². The Bertz CT molecular complexity index is 429. The van der Waals surface area contributed by atoms with Gasteiger partial charge in [-0.1, -0.05) is 6.92 Å². The first kappa shape index (κ1) is 17.4.